The minimum atomic E-state index is -0.217. The number of H-pyrrole nitrogens is 1. The lowest BCUT2D eigenvalue weighted by molar-refractivity contribution is 0.0952. The van der Waals surface area contributed by atoms with E-state index in [-0.39, 0.29) is 5.91 Å². The molecule has 0 atom stereocenters. The number of benzene rings is 3. The van der Waals surface area contributed by atoms with E-state index in [4.69, 9.17) is 21.3 Å². The van der Waals surface area contributed by atoms with Crippen LogP contribution in [0.2, 0.25) is 5.02 Å². The molecule has 5 rings (SSSR count). The highest BCUT2D eigenvalue weighted by Gasteiger charge is 2.21. The van der Waals surface area contributed by atoms with Gasteiger partial charge in [-0.25, -0.2) is 4.98 Å². The van der Waals surface area contributed by atoms with Gasteiger partial charge in [-0.2, -0.15) is 5.10 Å². The maximum absolute atomic E-state index is 13.5. The summed E-state index contributed by atoms with van der Waals surface area (Å²) < 4.78 is 5.53. The molecule has 6 nitrogen and oxygen atoms in total. The summed E-state index contributed by atoms with van der Waals surface area (Å²) in [6.07, 6.45) is 0. The summed E-state index contributed by atoms with van der Waals surface area (Å²) in [6.45, 7) is 2.44. The first-order valence-electron chi connectivity index (χ1n) is 11.2. The number of rotatable bonds is 6. The average molecular weight is 483 g/mol. The minimum Gasteiger partial charge on any atom is -0.496 e. The lowest BCUT2D eigenvalue weighted by Crippen LogP contribution is -2.23. The number of hydrogen-bond acceptors (Lipinski definition) is 4. The number of carbonyl (C=O) groups excluding carboxylic acids is 1. The summed E-state index contributed by atoms with van der Waals surface area (Å²) in [6, 6.07) is 24.8. The summed E-state index contributed by atoms with van der Waals surface area (Å²) >= 11 is 6.09. The maximum Gasteiger partial charge on any atom is 0.252 e. The van der Waals surface area contributed by atoms with Gasteiger partial charge in [-0.1, -0.05) is 65.7 Å². The average Bonchev–Trinajstić information content (AvgIpc) is 3.32. The van der Waals surface area contributed by atoms with Crippen LogP contribution in [0.3, 0.4) is 0 Å². The molecule has 2 aromatic heterocycles. The van der Waals surface area contributed by atoms with Gasteiger partial charge < -0.3 is 10.1 Å². The molecule has 2 heterocycles. The molecule has 7 heteroatoms. The van der Waals surface area contributed by atoms with Crippen molar-refractivity contribution in [1.29, 1.82) is 0 Å². The van der Waals surface area contributed by atoms with E-state index >= 15 is 0 Å². The number of carbonyl (C=O) groups is 1. The second-order valence-corrected chi connectivity index (χ2v) is 8.66. The first-order valence-corrected chi connectivity index (χ1v) is 11.5. The number of hydrogen-bond donors (Lipinski definition) is 2. The van der Waals surface area contributed by atoms with Crippen LogP contribution in [0.25, 0.3) is 33.5 Å². The molecular formula is C28H23ClN4O2. The van der Waals surface area contributed by atoms with E-state index in [0.29, 0.717) is 45.3 Å². The Bertz CT molecular complexity index is 1510. The molecule has 0 fully saturated rings. The number of ether oxygens (including phenoxy) is 1. The monoisotopic (exact) mass is 482 g/mol. The van der Waals surface area contributed by atoms with E-state index in [1.54, 1.807) is 25.3 Å². The maximum atomic E-state index is 13.5. The molecule has 1 amide bonds. The fourth-order valence-electron chi connectivity index (χ4n) is 4.01. The topological polar surface area (TPSA) is 79.9 Å². The Morgan fingerprint density at radius 3 is 2.51 bits per heavy atom. The van der Waals surface area contributed by atoms with Gasteiger partial charge >= 0.3 is 0 Å². The highest BCUT2D eigenvalue weighted by atomic mass is 35.5. The molecule has 0 aliphatic rings. The fraction of sp³-hybridized carbons (Fsp3) is 0.107. The van der Waals surface area contributed by atoms with Crippen LogP contribution in [-0.4, -0.2) is 28.2 Å². The van der Waals surface area contributed by atoms with Crippen molar-refractivity contribution in [3.05, 3.63) is 101 Å². The predicted octanol–water partition coefficient (Wildman–Crippen LogP) is 6.19. The van der Waals surface area contributed by atoms with Gasteiger partial charge in [0.25, 0.3) is 5.91 Å². The highest BCUT2D eigenvalue weighted by molar-refractivity contribution is 6.30. The highest BCUT2D eigenvalue weighted by Crippen LogP contribution is 2.34. The molecule has 2 N–H and O–H groups in total. The zero-order valence-corrected chi connectivity index (χ0v) is 20.1. The largest absolute Gasteiger partial charge is 0.496 e. The van der Waals surface area contributed by atoms with Crippen molar-refractivity contribution in [2.75, 3.05) is 7.11 Å². The summed E-state index contributed by atoms with van der Waals surface area (Å²) in [7, 11) is 1.61. The number of nitrogens with one attached hydrogen (secondary N) is 2. The second kappa shape index (κ2) is 9.60. The molecule has 0 spiro atoms. The van der Waals surface area contributed by atoms with Gasteiger partial charge in [0.2, 0.25) is 0 Å². The van der Waals surface area contributed by atoms with Crippen LogP contribution in [0.4, 0.5) is 0 Å². The van der Waals surface area contributed by atoms with Crippen molar-refractivity contribution in [3.8, 4) is 28.3 Å². The normalized spacial score (nSPS) is 10.9. The number of aryl methyl sites for hydroxylation is 1. The van der Waals surface area contributed by atoms with Gasteiger partial charge in [0, 0.05) is 22.7 Å². The summed E-state index contributed by atoms with van der Waals surface area (Å²) in [4.78, 5) is 18.3. The summed E-state index contributed by atoms with van der Waals surface area (Å²) in [5, 5.41) is 11.8. The number of aromatic amines is 1. The fourth-order valence-corrected chi connectivity index (χ4v) is 4.13. The minimum absolute atomic E-state index is 0.217. The Kier molecular flexibility index (Phi) is 6.21. The molecule has 5 aromatic rings. The number of aromatic nitrogens is 3. The molecule has 0 radical (unpaired) electrons. The number of pyridine rings is 1. The number of amides is 1. The van der Waals surface area contributed by atoms with Crippen molar-refractivity contribution >= 4 is 28.5 Å². The molecular weight excluding hydrogens is 460 g/mol. The molecule has 0 saturated heterocycles. The lowest BCUT2D eigenvalue weighted by Gasteiger charge is -2.12. The van der Waals surface area contributed by atoms with Gasteiger partial charge in [0.15, 0.2) is 5.65 Å². The molecule has 35 heavy (non-hydrogen) atoms. The molecule has 0 aliphatic heterocycles. The standard InChI is InChI=1S/C28H23ClN4O2/c1-17-7-9-18(10-8-17)16-30-28(34)22-15-23(21-5-3-4-6-24(21)35-2)31-27-25(22)26(32-33-27)19-11-13-20(29)14-12-19/h3-15H,16H2,1-2H3,(H,30,34)(H,31,32,33). The van der Waals surface area contributed by atoms with E-state index in [9.17, 15) is 4.79 Å². The van der Waals surface area contributed by atoms with Crippen LogP contribution in [-0.2, 0) is 6.54 Å². The van der Waals surface area contributed by atoms with Gasteiger partial charge in [-0.3, -0.25) is 9.89 Å². The van der Waals surface area contributed by atoms with Crippen molar-refractivity contribution < 1.29 is 9.53 Å². The Hall–Kier alpha value is -4.16. The van der Waals surface area contributed by atoms with E-state index in [1.807, 2.05) is 67.6 Å². The Labute approximate surface area is 207 Å². The molecule has 174 valence electrons. The number of methoxy groups -OCH3 is 1. The van der Waals surface area contributed by atoms with Crippen molar-refractivity contribution in [1.82, 2.24) is 20.5 Å². The Morgan fingerprint density at radius 2 is 1.77 bits per heavy atom. The first kappa shape index (κ1) is 22.6. The molecule has 0 aliphatic carbocycles. The molecule has 0 saturated carbocycles. The smallest absolute Gasteiger partial charge is 0.252 e. The van der Waals surface area contributed by atoms with Crippen LogP contribution in [0, 0.1) is 6.92 Å². The van der Waals surface area contributed by atoms with Crippen molar-refractivity contribution in [3.63, 3.8) is 0 Å². The van der Waals surface area contributed by atoms with E-state index in [1.165, 1.54) is 5.56 Å². The zero-order chi connectivity index (χ0) is 24.4. The number of para-hydroxylation sites is 1. The van der Waals surface area contributed by atoms with Crippen molar-refractivity contribution in [2.24, 2.45) is 0 Å². The summed E-state index contributed by atoms with van der Waals surface area (Å²) in [5.74, 6) is 0.449. The lowest BCUT2D eigenvalue weighted by atomic mass is 10.0. The van der Waals surface area contributed by atoms with Crippen LogP contribution >= 0.6 is 11.6 Å². The van der Waals surface area contributed by atoms with Gasteiger partial charge in [-0.05, 0) is 42.8 Å². The van der Waals surface area contributed by atoms with Crippen LogP contribution in [0.5, 0.6) is 5.75 Å². The van der Waals surface area contributed by atoms with Gasteiger partial charge in [0.1, 0.15) is 5.75 Å². The van der Waals surface area contributed by atoms with E-state index < -0.39 is 0 Å². The second-order valence-electron chi connectivity index (χ2n) is 8.23. The molecule has 3 aromatic carbocycles. The summed E-state index contributed by atoms with van der Waals surface area (Å²) in [5.41, 5.74) is 6.05. The van der Waals surface area contributed by atoms with Crippen LogP contribution in [0.15, 0.2) is 78.9 Å². The molecule has 0 bridgehead atoms. The molecule has 0 unspecified atom stereocenters. The Balaban J connectivity index is 1.62. The van der Waals surface area contributed by atoms with Crippen LogP contribution in [0.1, 0.15) is 21.5 Å². The van der Waals surface area contributed by atoms with E-state index in [2.05, 4.69) is 15.5 Å². The Morgan fingerprint density at radius 1 is 1.03 bits per heavy atom. The zero-order valence-electron chi connectivity index (χ0n) is 19.3. The first-order chi connectivity index (χ1) is 17.0. The SMILES string of the molecule is COc1ccccc1-c1cc(C(=O)NCc2ccc(C)cc2)c2c(-c3ccc(Cl)cc3)[nH]nc2n1. The number of fused-ring (bicyclic) bond motifs is 1. The third-order valence-corrected chi connectivity index (χ3v) is 6.11. The van der Waals surface area contributed by atoms with Crippen molar-refractivity contribution in [2.45, 2.75) is 13.5 Å². The van der Waals surface area contributed by atoms with Gasteiger partial charge in [0.05, 0.1) is 29.4 Å². The van der Waals surface area contributed by atoms with Gasteiger partial charge in [-0.15, -0.1) is 0 Å². The van der Waals surface area contributed by atoms with E-state index in [0.717, 1.165) is 16.7 Å². The number of nitrogens with zero attached hydrogens (tertiary/aromatic N) is 2. The predicted molar refractivity (Wildman–Crippen MR) is 139 cm³/mol. The third-order valence-electron chi connectivity index (χ3n) is 5.86. The quantitative estimate of drug-likeness (QED) is 0.302. The van der Waals surface area contributed by atoms with Crippen LogP contribution < -0.4 is 10.1 Å². The third kappa shape index (κ3) is 4.61. The number of halogens is 1.